The zero-order valence-corrected chi connectivity index (χ0v) is 23.2. The van der Waals surface area contributed by atoms with E-state index in [0.29, 0.717) is 43.3 Å². The molecule has 0 aliphatic carbocycles. The number of nitrogens with zero attached hydrogens (tertiary/aromatic N) is 2. The molecule has 0 bridgehead atoms. The highest BCUT2D eigenvalue weighted by atomic mass is 32.2. The topological polar surface area (TPSA) is 122 Å². The van der Waals surface area contributed by atoms with E-state index < -0.39 is 20.0 Å². The molecule has 0 aromatic heterocycles. The lowest BCUT2D eigenvalue weighted by Crippen LogP contribution is -2.40. The van der Waals surface area contributed by atoms with Crippen LogP contribution in [0.2, 0.25) is 0 Å². The minimum atomic E-state index is -3.57. The van der Waals surface area contributed by atoms with Crippen molar-refractivity contribution in [2.24, 2.45) is 0 Å². The molecule has 3 aromatic carbocycles. The maximum atomic E-state index is 12.7. The van der Waals surface area contributed by atoms with E-state index in [-0.39, 0.29) is 30.5 Å². The average molecular weight is 574 g/mol. The average Bonchev–Trinajstić information content (AvgIpc) is 2.95. The van der Waals surface area contributed by atoms with Gasteiger partial charge in [0.25, 0.3) is 5.91 Å². The summed E-state index contributed by atoms with van der Waals surface area (Å²) in [7, 11) is -7.06. The number of anilines is 1. The quantitative estimate of drug-likeness (QED) is 0.350. The van der Waals surface area contributed by atoms with Gasteiger partial charge in [-0.1, -0.05) is 30.3 Å². The predicted molar refractivity (Wildman–Crippen MR) is 148 cm³/mol. The molecular formula is C27H31N3O7S2. The Morgan fingerprint density at radius 2 is 1.56 bits per heavy atom. The van der Waals surface area contributed by atoms with E-state index >= 15 is 0 Å². The number of para-hydroxylation sites is 1. The number of rotatable bonds is 11. The lowest BCUT2D eigenvalue weighted by atomic mass is 10.1. The summed E-state index contributed by atoms with van der Waals surface area (Å²) in [5, 5.41) is 2.77. The molecule has 1 fully saturated rings. The Kier molecular flexibility index (Phi) is 9.23. The van der Waals surface area contributed by atoms with Crippen molar-refractivity contribution in [1.29, 1.82) is 0 Å². The molecule has 0 saturated carbocycles. The first-order valence-corrected chi connectivity index (χ1v) is 15.6. The lowest BCUT2D eigenvalue weighted by molar-refractivity contribution is 0.0730. The monoisotopic (exact) mass is 573 g/mol. The van der Waals surface area contributed by atoms with E-state index in [1.165, 1.54) is 20.7 Å². The summed E-state index contributed by atoms with van der Waals surface area (Å²) in [4.78, 5) is 12.7. The van der Waals surface area contributed by atoms with Gasteiger partial charge in [0.15, 0.2) is 0 Å². The first-order valence-electron chi connectivity index (χ1n) is 12.4. The SMILES string of the molecule is CS(=O)(=O)N(Cc1ccc(C(=O)NCCOc2ccc(S(=O)(=O)N3CCOCC3)cc2)cc1)c1ccccc1. The smallest absolute Gasteiger partial charge is 0.251 e. The number of hydrogen-bond donors (Lipinski definition) is 1. The van der Waals surface area contributed by atoms with Crippen molar-refractivity contribution in [3.63, 3.8) is 0 Å². The molecule has 39 heavy (non-hydrogen) atoms. The Hall–Kier alpha value is -3.45. The molecule has 0 spiro atoms. The molecule has 0 unspecified atom stereocenters. The molecule has 1 saturated heterocycles. The number of amides is 1. The predicted octanol–water partition coefficient (Wildman–Crippen LogP) is 2.48. The van der Waals surface area contributed by atoms with Gasteiger partial charge in [-0.25, -0.2) is 16.8 Å². The number of carbonyl (C=O) groups excluding carboxylic acids is 1. The third kappa shape index (κ3) is 7.57. The van der Waals surface area contributed by atoms with Crippen LogP contribution in [0.4, 0.5) is 5.69 Å². The fourth-order valence-corrected chi connectivity index (χ4v) is 6.30. The van der Waals surface area contributed by atoms with Crippen molar-refractivity contribution in [2.45, 2.75) is 11.4 Å². The highest BCUT2D eigenvalue weighted by Crippen LogP contribution is 2.21. The molecule has 1 aliphatic heterocycles. The second kappa shape index (κ2) is 12.6. The van der Waals surface area contributed by atoms with Gasteiger partial charge in [0.2, 0.25) is 20.0 Å². The van der Waals surface area contributed by atoms with Gasteiger partial charge in [0, 0.05) is 18.7 Å². The summed E-state index contributed by atoms with van der Waals surface area (Å²) in [6.07, 6.45) is 1.16. The van der Waals surface area contributed by atoms with Crippen LogP contribution >= 0.6 is 0 Å². The van der Waals surface area contributed by atoms with Crippen molar-refractivity contribution in [3.05, 3.63) is 90.0 Å². The van der Waals surface area contributed by atoms with Gasteiger partial charge in [0.05, 0.1) is 43.1 Å². The molecule has 4 rings (SSSR count). The van der Waals surface area contributed by atoms with E-state index in [1.807, 2.05) is 6.07 Å². The Morgan fingerprint density at radius 1 is 0.923 bits per heavy atom. The van der Waals surface area contributed by atoms with Crippen LogP contribution in [0.15, 0.2) is 83.8 Å². The standard InChI is InChI=1S/C27H31N3O7S2/c1-38(32,33)30(24-5-3-2-4-6-24)21-22-7-9-23(10-8-22)27(31)28-15-18-37-25-11-13-26(14-12-25)39(34,35)29-16-19-36-20-17-29/h2-14H,15-21H2,1H3,(H,28,31). The molecule has 1 aliphatic rings. The summed E-state index contributed by atoms with van der Waals surface area (Å²) in [5.41, 5.74) is 1.74. The summed E-state index contributed by atoms with van der Waals surface area (Å²) in [5.74, 6) is 0.198. The van der Waals surface area contributed by atoms with Gasteiger partial charge in [-0.15, -0.1) is 0 Å². The number of ether oxygens (including phenoxy) is 2. The molecule has 10 nitrogen and oxygen atoms in total. The molecule has 3 aromatic rings. The Bertz CT molecular complexity index is 1460. The van der Waals surface area contributed by atoms with Crippen LogP contribution in [0.25, 0.3) is 0 Å². The van der Waals surface area contributed by atoms with Crippen LogP contribution in [0.5, 0.6) is 5.75 Å². The summed E-state index contributed by atoms with van der Waals surface area (Å²) >= 11 is 0. The number of benzene rings is 3. The zero-order chi connectivity index (χ0) is 27.9. The Labute approximate surface area is 229 Å². The van der Waals surface area contributed by atoms with Crippen molar-refractivity contribution < 1.29 is 31.1 Å². The number of morpholine rings is 1. The van der Waals surface area contributed by atoms with Gasteiger partial charge in [-0.2, -0.15) is 4.31 Å². The van der Waals surface area contributed by atoms with Gasteiger partial charge < -0.3 is 14.8 Å². The number of nitrogens with one attached hydrogen (secondary N) is 1. The molecule has 12 heteroatoms. The summed E-state index contributed by atoms with van der Waals surface area (Å²) in [6, 6.07) is 21.7. The summed E-state index contributed by atoms with van der Waals surface area (Å²) in [6.45, 7) is 2.00. The molecule has 0 atom stereocenters. The van der Waals surface area contributed by atoms with E-state index in [4.69, 9.17) is 9.47 Å². The second-order valence-electron chi connectivity index (χ2n) is 8.89. The van der Waals surface area contributed by atoms with Crippen molar-refractivity contribution in [1.82, 2.24) is 9.62 Å². The third-order valence-corrected chi connectivity index (χ3v) is 9.13. The normalized spacial score (nSPS) is 14.5. The summed E-state index contributed by atoms with van der Waals surface area (Å²) < 4.78 is 63.6. The van der Waals surface area contributed by atoms with Gasteiger partial charge in [-0.05, 0) is 54.1 Å². The molecule has 1 N–H and O–H groups in total. The Balaban J connectivity index is 1.26. The molecule has 1 heterocycles. The van der Waals surface area contributed by atoms with E-state index in [2.05, 4.69) is 5.32 Å². The Morgan fingerprint density at radius 3 is 2.18 bits per heavy atom. The second-order valence-corrected chi connectivity index (χ2v) is 12.7. The first kappa shape index (κ1) is 28.6. The maximum Gasteiger partial charge on any atom is 0.251 e. The van der Waals surface area contributed by atoms with Crippen LogP contribution in [-0.2, 0) is 31.3 Å². The fourth-order valence-electron chi connectivity index (χ4n) is 4.00. The largest absolute Gasteiger partial charge is 0.492 e. The fraction of sp³-hybridized carbons (Fsp3) is 0.296. The van der Waals surface area contributed by atoms with Crippen molar-refractivity contribution in [3.8, 4) is 5.75 Å². The number of hydrogen-bond acceptors (Lipinski definition) is 7. The van der Waals surface area contributed by atoms with E-state index in [1.54, 1.807) is 60.7 Å². The van der Waals surface area contributed by atoms with Crippen molar-refractivity contribution >= 4 is 31.6 Å². The third-order valence-electron chi connectivity index (χ3n) is 6.07. The number of carbonyl (C=O) groups is 1. The van der Waals surface area contributed by atoms with Crippen LogP contribution in [0, 0.1) is 0 Å². The van der Waals surface area contributed by atoms with Crippen molar-refractivity contribution in [2.75, 3.05) is 50.0 Å². The molecule has 208 valence electrons. The van der Waals surface area contributed by atoms with E-state index in [9.17, 15) is 21.6 Å². The molecule has 1 amide bonds. The van der Waals surface area contributed by atoms with Gasteiger partial charge in [-0.3, -0.25) is 9.10 Å². The minimum absolute atomic E-state index is 0.144. The van der Waals surface area contributed by atoms with Crippen LogP contribution < -0.4 is 14.4 Å². The van der Waals surface area contributed by atoms with Gasteiger partial charge >= 0.3 is 0 Å². The highest BCUT2D eigenvalue weighted by molar-refractivity contribution is 7.92. The first-order chi connectivity index (χ1) is 18.6. The molecule has 0 radical (unpaired) electrons. The van der Waals surface area contributed by atoms with Crippen LogP contribution in [0.1, 0.15) is 15.9 Å². The highest BCUT2D eigenvalue weighted by Gasteiger charge is 2.26. The van der Waals surface area contributed by atoms with E-state index in [0.717, 1.165) is 11.8 Å². The minimum Gasteiger partial charge on any atom is -0.492 e. The van der Waals surface area contributed by atoms with Gasteiger partial charge in [0.1, 0.15) is 12.4 Å². The lowest BCUT2D eigenvalue weighted by Gasteiger charge is -2.26. The number of sulfonamides is 2. The zero-order valence-electron chi connectivity index (χ0n) is 21.5. The molecular weight excluding hydrogens is 542 g/mol. The van der Waals surface area contributed by atoms with Crippen LogP contribution in [-0.4, -0.2) is 72.8 Å². The maximum absolute atomic E-state index is 12.7. The van der Waals surface area contributed by atoms with Crippen LogP contribution in [0.3, 0.4) is 0 Å².